The highest BCUT2D eigenvalue weighted by molar-refractivity contribution is 5.97. The molecule has 2 heterocycles. The SMILES string of the molecule is CC1CCCN(C(=O)c2ccc3nccnc3c2)C1. The normalized spacial score (nSPS) is 19.6. The van der Waals surface area contributed by atoms with Crippen molar-refractivity contribution in [1.29, 1.82) is 0 Å². The van der Waals surface area contributed by atoms with E-state index in [-0.39, 0.29) is 5.91 Å². The van der Waals surface area contributed by atoms with Crippen LogP contribution in [0.3, 0.4) is 0 Å². The van der Waals surface area contributed by atoms with E-state index in [2.05, 4.69) is 16.9 Å². The Bertz CT molecular complexity index is 611. The van der Waals surface area contributed by atoms with Gasteiger partial charge in [0.1, 0.15) is 0 Å². The average molecular weight is 255 g/mol. The van der Waals surface area contributed by atoms with Gasteiger partial charge in [-0.25, -0.2) is 0 Å². The summed E-state index contributed by atoms with van der Waals surface area (Å²) in [5, 5.41) is 0. The van der Waals surface area contributed by atoms with Crippen LogP contribution < -0.4 is 0 Å². The molecular weight excluding hydrogens is 238 g/mol. The highest BCUT2D eigenvalue weighted by atomic mass is 16.2. The topological polar surface area (TPSA) is 46.1 Å². The van der Waals surface area contributed by atoms with Gasteiger partial charge in [0.25, 0.3) is 5.91 Å². The number of carbonyl (C=O) groups is 1. The van der Waals surface area contributed by atoms with E-state index in [1.54, 1.807) is 12.4 Å². The van der Waals surface area contributed by atoms with Crippen LogP contribution in [0.1, 0.15) is 30.1 Å². The molecule has 1 amide bonds. The molecule has 4 heteroatoms. The first kappa shape index (κ1) is 12.1. The first-order chi connectivity index (χ1) is 9.24. The van der Waals surface area contributed by atoms with E-state index >= 15 is 0 Å². The van der Waals surface area contributed by atoms with Crippen LogP contribution in [-0.2, 0) is 0 Å². The number of fused-ring (bicyclic) bond motifs is 1. The fraction of sp³-hybridized carbons (Fsp3) is 0.400. The van der Waals surface area contributed by atoms with Crippen molar-refractivity contribution in [3.05, 3.63) is 36.2 Å². The Balaban J connectivity index is 1.88. The summed E-state index contributed by atoms with van der Waals surface area (Å²) >= 11 is 0. The summed E-state index contributed by atoms with van der Waals surface area (Å²) < 4.78 is 0. The van der Waals surface area contributed by atoms with E-state index in [0.29, 0.717) is 11.5 Å². The highest BCUT2D eigenvalue weighted by Gasteiger charge is 2.22. The molecule has 0 spiro atoms. The minimum atomic E-state index is 0.110. The Hall–Kier alpha value is -1.97. The zero-order valence-corrected chi connectivity index (χ0v) is 11.0. The molecule has 0 radical (unpaired) electrons. The molecule has 1 saturated heterocycles. The minimum Gasteiger partial charge on any atom is -0.338 e. The largest absolute Gasteiger partial charge is 0.338 e. The molecule has 3 rings (SSSR count). The third kappa shape index (κ3) is 2.43. The summed E-state index contributed by atoms with van der Waals surface area (Å²) in [4.78, 5) is 22.9. The van der Waals surface area contributed by atoms with Crippen LogP contribution in [0.4, 0.5) is 0 Å². The van der Waals surface area contributed by atoms with Gasteiger partial charge in [0.05, 0.1) is 11.0 Å². The van der Waals surface area contributed by atoms with E-state index in [0.717, 1.165) is 30.5 Å². The molecule has 1 aromatic carbocycles. The van der Waals surface area contributed by atoms with Gasteiger partial charge in [-0.3, -0.25) is 14.8 Å². The predicted octanol–water partition coefficient (Wildman–Crippen LogP) is 2.50. The lowest BCUT2D eigenvalue weighted by Gasteiger charge is -2.31. The van der Waals surface area contributed by atoms with Crippen LogP contribution in [0.25, 0.3) is 11.0 Å². The van der Waals surface area contributed by atoms with Gasteiger partial charge in [-0.05, 0) is 37.0 Å². The molecule has 0 N–H and O–H groups in total. The van der Waals surface area contributed by atoms with Gasteiger partial charge >= 0.3 is 0 Å². The van der Waals surface area contributed by atoms with Gasteiger partial charge in [-0.2, -0.15) is 0 Å². The van der Waals surface area contributed by atoms with E-state index in [4.69, 9.17) is 0 Å². The number of nitrogens with zero attached hydrogens (tertiary/aromatic N) is 3. The maximum Gasteiger partial charge on any atom is 0.253 e. The molecule has 1 fully saturated rings. The molecule has 0 aliphatic carbocycles. The molecule has 1 aliphatic heterocycles. The maximum atomic E-state index is 12.5. The summed E-state index contributed by atoms with van der Waals surface area (Å²) in [6.07, 6.45) is 5.63. The second kappa shape index (κ2) is 4.96. The first-order valence-electron chi connectivity index (χ1n) is 6.74. The predicted molar refractivity (Wildman–Crippen MR) is 73.8 cm³/mol. The average Bonchev–Trinajstić information content (AvgIpc) is 2.46. The summed E-state index contributed by atoms with van der Waals surface area (Å²) in [6, 6.07) is 5.55. The molecule has 1 aromatic heterocycles. The quantitative estimate of drug-likeness (QED) is 0.786. The molecule has 0 saturated carbocycles. The second-order valence-corrected chi connectivity index (χ2v) is 5.26. The van der Waals surface area contributed by atoms with Crippen molar-refractivity contribution in [1.82, 2.24) is 14.9 Å². The molecule has 19 heavy (non-hydrogen) atoms. The Labute approximate surface area is 112 Å². The Morgan fingerprint density at radius 3 is 2.84 bits per heavy atom. The molecule has 2 aromatic rings. The molecular formula is C15H17N3O. The fourth-order valence-electron chi connectivity index (χ4n) is 2.65. The number of benzene rings is 1. The summed E-state index contributed by atoms with van der Waals surface area (Å²) in [5.74, 6) is 0.706. The van der Waals surface area contributed by atoms with Crippen LogP contribution >= 0.6 is 0 Å². The molecule has 1 aliphatic rings. The van der Waals surface area contributed by atoms with Crippen molar-refractivity contribution in [2.75, 3.05) is 13.1 Å². The van der Waals surface area contributed by atoms with Gasteiger partial charge in [-0.1, -0.05) is 6.92 Å². The van der Waals surface area contributed by atoms with Crippen molar-refractivity contribution < 1.29 is 4.79 Å². The Kier molecular flexibility index (Phi) is 3.15. The van der Waals surface area contributed by atoms with E-state index < -0.39 is 0 Å². The van der Waals surface area contributed by atoms with E-state index in [1.807, 2.05) is 23.1 Å². The molecule has 4 nitrogen and oxygen atoms in total. The number of rotatable bonds is 1. The van der Waals surface area contributed by atoms with Gasteiger partial charge in [0, 0.05) is 31.0 Å². The van der Waals surface area contributed by atoms with Crippen molar-refractivity contribution in [3.8, 4) is 0 Å². The molecule has 98 valence electrons. The maximum absolute atomic E-state index is 12.5. The van der Waals surface area contributed by atoms with Gasteiger partial charge in [-0.15, -0.1) is 0 Å². The monoisotopic (exact) mass is 255 g/mol. The van der Waals surface area contributed by atoms with Gasteiger partial charge in [0.15, 0.2) is 0 Å². The number of carbonyl (C=O) groups excluding carboxylic acids is 1. The number of hydrogen-bond acceptors (Lipinski definition) is 3. The number of likely N-dealkylation sites (tertiary alicyclic amines) is 1. The molecule has 1 atom stereocenters. The summed E-state index contributed by atoms with van der Waals surface area (Å²) in [7, 11) is 0. The lowest BCUT2D eigenvalue weighted by atomic mass is 9.99. The fourth-order valence-corrected chi connectivity index (χ4v) is 2.65. The van der Waals surface area contributed by atoms with Crippen LogP contribution in [0.5, 0.6) is 0 Å². The zero-order valence-electron chi connectivity index (χ0n) is 11.0. The third-order valence-corrected chi connectivity index (χ3v) is 3.66. The molecule has 1 unspecified atom stereocenters. The standard InChI is InChI=1S/C15H17N3O/c1-11-3-2-8-18(10-11)15(19)12-4-5-13-14(9-12)17-7-6-16-13/h4-7,9,11H,2-3,8,10H2,1H3. The summed E-state index contributed by atoms with van der Waals surface area (Å²) in [5.41, 5.74) is 2.31. The van der Waals surface area contributed by atoms with Crippen molar-refractivity contribution in [2.45, 2.75) is 19.8 Å². The summed E-state index contributed by atoms with van der Waals surface area (Å²) in [6.45, 7) is 3.92. The smallest absolute Gasteiger partial charge is 0.253 e. The Morgan fingerprint density at radius 1 is 1.26 bits per heavy atom. The van der Waals surface area contributed by atoms with Crippen LogP contribution in [0.15, 0.2) is 30.6 Å². The van der Waals surface area contributed by atoms with Crippen LogP contribution in [0, 0.1) is 5.92 Å². The highest BCUT2D eigenvalue weighted by Crippen LogP contribution is 2.19. The number of aromatic nitrogens is 2. The van der Waals surface area contributed by atoms with Gasteiger partial charge < -0.3 is 4.90 Å². The number of hydrogen-bond donors (Lipinski definition) is 0. The third-order valence-electron chi connectivity index (χ3n) is 3.66. The van der Waals surface area contributed by atoms with E-state index in [1.165, 1.54) is 6.42 Å². The van der Waals surface area contributed by atoms with Crippen molar-refractivity contribution >= 4 is 16.9 Å². The lowest BCUT2D eigenvalue weighted by Crippen LogP contribution is -2.39. The van der Waals surface area contributed by atoms with E-state index in [9.17, 15) is 4.79 Å². The second-order valence-electron chi connectivity index (χ2n) is 5.26. The van der Waals surface area contributed by atoms with Crippen molar-refractivity contribution in [2.24, 2.45) is 5.92 Å². The lowest BCUT2D eigenvalue weighted by molar-refractivity contribution is 0.0683. The Morgan fingerprint density at radius 2 is 2.05 bits per heavy atom. The van der Waals surface area contributed by atoms with Gasteiger partial charge in [0.2, 0.25) is 0 Å². The number of amides is 1. The van der Waals surface area contributed by atoms with Crippen LogP contribution in [-0.4, -0.2) is 33.9 Å². The first-order valence-corrected chi connectivity index (χ1v) is 6.74. The number of piperidine rings is 1. The zero-order chi connectivity index (χ0) is 13.2. The molecule has 0 bridgehead atoms. The van der Waals surface area contributed by atoms with Crippen molar-refractivity contribution in [3.63, 3.8) is 0 Å². The van der Waals surface area contributed by atoms with Crippen LogP contribution in [0.2, 0.25) is 0 Å². The minimum absolute atomic E-state index is 0.110.